The summed E-state index contributed by atoms with van der Waals surface area (Å²) in [5.74, 6) is -0.234. The van der Waals surface area contributed by atoms with Crippen molar-refractivity contribution in [3.05, 3.63) is 75.3 Å². The van der Waals surface area contributed by atoms with Gasteiger partial charge in [0.25, 0.3) is 11.6 Å². The van der Waals surface area contributed by atoms with Gasteiger partial charge in [0, 0.05) is 17.7 Å². The third-order valence-corrected chi connectivity index (χ3v) is 3.53. The van der Waals surface area contributed by atoms with E-state index in [1.165, 1.54) is 29.8 Å². The van der Waals surface area contributed by atoms with Crippen LogP contribution in [-0.2, 0) is 0 Å². The number of benzene rings is 2. The number of nitrogens with zero attached hydrogens (tertiary/aromatic N) is 1. The normalized spacial score (nSPS) is 11.7. The second-order valence-electron chi connectivity index (χ2n) is 5.15. The van der Waals surface area contributed by atoms with E-state index in [-0.39, 0.29) is 17.6 Å². The molecule has 2 rings (SSSR count). The molecular formula is C17H18N2O3. The zero-order valence-corrected chi connectivity index (χ0v) is 12.6. The van der Waals surface area contributed by atoms with Crippen molar-refractivity contribution in [1.82, 2.24) is 5.32 Å². The van der Waals surface area contributed by atoms with E-state index in [2.05, 4.69) is 5.32 Å². The van der Waals surface area contributed by atoms with Crippen LogP contribution in [0.5, 0.6) is 0 Å². The van der Waals surface area contributed by atoms with Crippen molar-refractivity contribution < 1.29 is 9.72 Å². The van der Waals surface area contributed by atoms with Crippen molar-refractivity contribution >= 4 is 11.6 Å². The van der Waals surface area contributed by atoms with Crippen molar-refractivity contribution in [2.45, 2.75) is 26.3 Å². The Labute approximate surface area is 129 Å². The molecule has 0 saturated carbocycles. The fourth-order valence-corrected chi connectivity index (χ4v) is 2.20. The van der Waals surface area contributed by atoms with Crippen molar-refractivity contribution in [2.75, 3.05) is 0 Å². The molecule has 2 aromatic carbocycles. The number of nitrogens with one attached hydrogen (secondary N) is 1. The van der Waals surface area contributed by atoms with Gasteiger partial charge >= 0.3 is 0 Å². The molecule has 0 spiro atoms. The number of nitro groups is 1. The zero-order valence-electron chi connectivity index (χ0n) is 12.6. The van der Waals surface area contributed by atoms with Gasteiger partial charge in [-0.2, -0.15) is 0 Å². The second kappa shape index (κ2) is 6.85. The molecule has 0 unspecified atom stereocenters. The van der Waals surface area contributed by atoms with Gasteiger partial charge in [0.15, 0.2) is 0 Å². The Balaban J connectivity index is 2.11. The lowest BCUT2D eigenvalue weighted by atomic mass is 10.0. The average Bonchev–Trinajstić information content (AvgIpc) is 2.53. The lowest BCUT2D eigenvalue weighted by molar-refractivity contribution is -0.384. The number of carbonyl (C=O) groups excluding carboxylic acids is 1. The highest BCUT2D eigenvalue weighted by Crippen LogP contribution is 2.18. The van der Waals surface area contributed by atoms with Crippen LogP contribution in [0.1, 0.15) is 40.9 Å². The van der Waals surface area contributed by atoms with Crippen molar-refractivity contribution in [3.63, 3.8) is 0 Å². The number of hydrogen-bond donors (Lipinski definition) is 1. The summed E-state index contributed by atoms with van der Waals surface area (Å²) in [6.07, 6.45) is 0.766. The Bertz CT molecular complexity index is 663. The standard InChI is InChI=1S/C17H18N2O3/c1-3-16(13-6-4-12(2)5-7-13)18-17(20)14-8-10-15(11-9-14)19(21)22/h4-11,16H,3H2,1-2H3,(H,18,20)/t16-/m0/s1. The van der Waals surface area contributed by atoms with Crippen molar-refractivity contribution in [2.24, 2.45) is 0 Å². The third kappa shape index (κ3) is 3.69. The number of amides is 1. The number of hydrogen-bond acceptors (Lipinski definition) is 3. The van der Waals surface area contributed by atoms with Gasteiger partial charge in [0.2, 0.25) is 0 Å². The molecule has 0 radical (unpaired) electrons. The van der Waals surface area contributed by atoms with Gasteiger partial charge in [-0.05, 0) is 31.0 Å². The van der Waals surface area contributed by atoms with Gasteiger partial charge in [-0.15, -0.1) is 0 Å². The van der Waals surface area contributed by atoms with Crippen LogP contribution >= 0.6 is 0 Å². The van der Waals surface area contributed by atoms with Crippen molar-refractivity contribution in [3.8, 4) is 0 Å². The molecule has 1 N–H and O–H groups in total. The summed E-state index contributed by atoms with van der Waals surface area (Å²) in [7, 11) is 0. The molecule has 2 aromatic rings. The van der Waals surface area contributed by atoms with Crippen LogP contribution in [0.25, 0.3) is 0 Å². The first-order valence-corrected chi connectivity index (χ1v) is 7.13. The number of carbonyl (C=O) groups is 1. The average molecular weight is 298 g/mol. The highest BCUT2D eigenvalue weighted by molar-refractivity contribution is 5.94. The fourth-order valence-electron chi connectivity index (χ4n) is 2.20. The van der Waals surface area contributed by atoms with Gasteiger partial charge in [0.1, 0.15) is 0 Å². The van der Waals surface area contributed by atoms with Crippen LogP contribution in [0.2, 0.25) is 0 Å². The lowest BCUT2D eigenvalue weighted by Crippen LogP contribution is -2.28. The first-order valence-electron chi connectivity index (χ1n) is 7.13. The molecule has 5 nitrogen and oxygen atoms in total. The van der Waals surface area contributed by atoms with E-state index in [1.54, 1.807) is 0 Å². The van der Waals surface area contributed by atoms with E-state index in [9.17, 15) is 14.9 Å². The fraction of sp³-hybridized carbons (Fsp3) is 0.235. The topological polar surface area (TPSA) is 72.2 Å². The van der Waals surface area contributed by atoms with Gasteiger partial charge in [-0.3, -0.25) is 14.9 Å². The molecule has 0 aliphatic rings. The van der Waals surface area contributed by atoms with Gasteiger partial charge in [-0.25, -0.2) is 0 Å². The molecule has 1 amide bonds. The quantitative estimate of drug-likeness (QED) is 0.674. The van der Waals surface area contributed by atoms with E-state index in [0.29, 0.717) is 5.56 Å². The summed E-state index contributed by atoms with van der Waals surface area (Å²) >= 11 is 0. The summed E-state index contributed by atoms with van der Waals surface area (Å²) in [5, 5.41) is 13.6. The molecule has 0 bridgehead atoms. The first-order chi connectivity index (χ1) is 10.5. The van der Waals surface area contributed by atoms with Crippen LogP contribution in [-0.4, -0.2) is 10.8 Å². The van der Waals surface area contributed by atoms with Crippen LogP contribution in [0, 0.1) is 17.0 Å². The molecule has 5 heteroatoms. The molecule has 0 aromatic heterocycles. The minimum atomic E-state index is -0.483. The molecule has 0 aliphatic carbocycles. The minimum Gasteiger partial charge on any atom is -0.345 e. The summed E-state index contributed by atoms with van der Waals surface area (Å²) in [5.41, 5.74) is 2.60. The number of non-ortho nitro benzene ring substituents is 1. The van der Waals surface area contributed by atoms with Crippen LogP contribution < -0.4 is 5.32 Å². The minimum absolute atomic E-state index is 0.0258. The Kier molecular flexibility index (Phi) is 4.88. The van der Waals surface area contributed by atoms with Gasteiger partial charge in [-0.1, -0.05) is 36.8 Å². The summed E-state index contributed by atoms with van der Waals surface area (Å²) in [6.45, 7) is 4.01. The zero-order chi connectivity index (χ0) is 16.1. The van der Waals surface area contributed by atoms with E-state index in [0.717, 1.165) is 12.0 Å². The predicted octanol–water partition coefficient (Wildman–Crippen LogP) is 3.78. The Morgan fingerprint density at radius 1 is 1.14 bits per heavy atom. The molecule has 0 aliphatic heterocycles. The third-order valence-electron chi connectivity index (χ3n) is 3.53. The molecule has 1 atom stereocenters. The van der Waals surface area contributed by atoms with Crippen LogP contribution in [0.15, 0.2) is 48.5 Å². The molecule has 0 fully saturated rings. The number of rotatable bonds is 5. The van der Waals surface area contributed by atoms with E-state index in [1.807, 2.05) is 38.1 Å². The molecular weight excluding hydrogens is 280 g/mol. The maximum atomic E-state index is 12.3. The number of aryl methyl sites for hydroxylation is 1. The van der Waals surface area contributed by atoms with Gasteiger partial charge < -0.3 is 5.32 Å². The Morgan fingerprint density at radius 2 is 1.73 bits per heavy atom. The van der Waals surface area contributed by atoms with Crippen molar-refractivity contribution in [1.29, 1.82) is 0 Å². The molecule has 0 heterocycles. The van der Waals surface area contributed by atoms with Crippen LogP contribution in [0.4, 0.5) is 5.69 Å². The maximum absolute atomic E-state index is 12.3. The summed E-state index contributed by atoms with van der Waals surface area (Å²) in [6, 6.07) is 13.5. The molecule has 0 saturated heterocycles. The Hall–Kier alpha value is -2.69. The SMILES string of the molecule is CC[C@H](NC(=O)c1ccc([N+](=O)[O-])cc1)c1ccc(C)cc1. The second-order valence-corrected chi connectivity index (χ2v) is 5.15. The molecule has 22 heavy (non-hydrogen) atoms. The van der Waals surface area contributed by atoms with E-state index < -0.39 is 4.92 Å². The highest BCUT2D eigenvalue weighted by Gasteiger charge is 2.15. The summed E-state index contributed by atoms with van der Waals surface area (Å²) < 4.78 is 0. The maximum Gasteiger partial charge on any atom is 0.269 e. The van der Waals surface area contributed by atoms with Gasteiger partial charge in [0.05, 0.1) is 11.0 Å². The number of nitro benzene ring substituents is 1. The van der Waals surface area contributed by atoms with E-state index >= 15 is 0 Å². The molecule has 114 valence electrons. The first kappa shape index (κ1) is 15.7. The summed E-state index contributed by atoms with van der Waals surface area (Å²) in [4.78, 5) is 22.4. The predicted molar refractivity (Wildman–Crippen MR) is 84.8 cm³/mol. The largest absolute Gasteiger partial charge is 0.345 e. The highest BCUT2D eigenvalue weighted by atomic mass is 16.6. The smallest absolute Gasteiger partial charge is 0.269 e. The van der Waals surface area contributed by atoms with Crippen LogP contribution in [0.3, 0.4) is 0 Å². The Morgan fingerprint density at radius 3 is 2.23 bits per heavy atom. The monoisotopic (exact) mass is 298 g/mol. The lowest BCUT2D eigenvalue weighted by Gasteiger charge is -2.17. The van der Waals surface area contributed by atoms with E-state index in [4.69, 9.17) is 0 Å².